The van der Waals surface area contributed by atoms with E-state index >= 15 is 0 Å². The smallest absolute Gasteiger partial charge is 0.160 e. The lowest BCUT2D eigenvalue weighted by Crippen LogP contribution is -2.40. The molecule has 1 spiro atoms. The Morgan fingerprint density at radius 1 is 0.310 bits per heavy atom. The molecule has 0 atom stereocenters. The second-order valence-corrected chi connectivity index (χ2v) is 16.1. The fourth-order valence-electron chi connectivity index (χ4n) is 9.92. The monoisotopic (exact) mass is 740 g/mol. The third-order valence-electron chi connectivity index (χ3n) is 12.6. The summed E-state index contributed by atoms with van der Waals surface area (Å²) in [6, 6.07) is 74.8. The summed E-state index contributed by atoms with van der Waals surface area (Å²) < 4.78 is 0. The largest absolute Gasteiger partial charge is 0.228 e. The van der Waals surface area contributed by atoms with Gasteiger partial charge >= 0.3 is 0 Å². The van der Waals surface area contributed by atoms with Gasteiger partial charge in [0.15, 0.2) is 5.82 Å². The maximum atomic E-state index is 5.10. The van der Waals surface area contributed by atoms with Gasteiger partial charge in [0, 0.05) is 22.1 Å². The van der Waals surface area contributed by atoms with Crippen molar-refractivity contribution in [1.82, 2.24) is 9.97 Å². The Balaban J connectivity index is 1.02. The van der Waals surface area contributed by atoms with Crippen LogP contribution in [0.1, 0.15) is 47.2 Å². The van der Waals surface area contributed by atoms with Gasteiger partial charge in [-0.15, -0.1) is 0 Å². The van der Waals surface area contributed by atoms with Gasteiger partial charge in [-0.3, -0.25) is 0 Å². The number of rotatable bonds is 5. The molecule has 0 fully saturated rings. The van der Waals surface area contributed by atoms with Crippen LogP contribution in [0.2, 0.25) is 0 Å². The van der Waals surface area contributed by atoms with Crippen LogP contribution in [0.3, 0.4) is 0 Å². The molecule has 58 heavy (non-hydrogen) atoms. The molecule has 0 saturated heterocycles. The summed E-state index contributed by atoms with van der Waals surface area (Å²) in [6.07, 6.45) is 0. The van der Waals surface area contributed by atoms with Crippen LogP contribution in [0.4, 0.5) is 0 Å². The number of fused-ring (bicyclic) bond motifs is 9. The van der Waals surface area contributed by atoms with Crippen LogP contribution < -0.4 is 0 Å². The maximum absolute atomic E-state index is 5.10. The summed E-state index contributed by atoms with van der Waals surface area (Å²) in [5.74, 6) is 0.709. The topological polar surface area (TPSA) is 25.8 Å². The minimum Gasteiger partial charge on any atom is -0.228 e. The SMILES string of the molecule is CC1(C)c2ccccc2C2(c3ccccc3-c3c(-c4ccc(-c5cccc(-c6nc(-c7ccccc7)cc(-c7ccccc7)n6)c5)cc4)cccc32)c2ccccc21. The predicted octanol–water partition coefficient (Wildman–Crippen LogP) is 13.8. The van der Waals surface area contributed by atoms with Crippen molar-refractivity contribution in [3.63, 3.8) is 0 Å². The first-order valence-electron chi connectivity index (χ1n) is 20.2. The van der Waals surface area contributed by atoms with Gasteiger partial charge < -0.3 is 0 Å². The van der Waals surface area contributed by atoms with E-state index in [9.17, 15) is 0 Å². The highest BCUT2D eigenvalue weighted by Crippen LogP contribution is 2.63. The standard InChI is InChI=1S/C56H40N2/c1-55(2)46-26-11-13-28-48(46)56(49-29-14-12-27-47(49)55)45-25-10-9-23-44(45)53-43(24-16-30-50(53)56)38-33-31-37(32-34-38)41-21-15-22-42(35-41)54-57-51(39-17-5-3-6-18-39)36-52(58-54)40-19-7-4-8-20-40/h3-36H,1-2H3. The number of hydrogen-bond acceptors (Lipinski definition) is 2. The number of benzene rings is 8. The van der Waals surface area contributed by atoms with E-state index in [2.05, 4.69) is 208 Å². The molecule has 2 aliphatic carbocycles. The summed E-state index contributed by atoms with van der Waals surface area (Å²) in [6.45, 7) is 4.76. The van der Waals surface area contributed by atoms with Crippen molar-refractivity contribution >= 4 is 0 Å². The van der Waals surface area contributed by atoms with Crippen molar-refractivity contribution in [3.05, 3.63) is 240 Å². The van der Waals surface area contributed by atoms with Gasteiger partial charge in [-0.05, 0) is 78.9 Å². The molecule has 274 valence electrons. The zero-order chi connectivity index (χ0) is 38.8. The summed E-state index contributed by atoms with van der Waals surface area (Å²) in [5.41, 5.74) is 20.0. The summed E-state index contributed by atoms with van der Waals surface area (Å²) >= 11 is 0. The van der Waals surface area contributed by atoms with Crippen molar-refractivity contribution in [1.29, 1.82) is 0 Å². The normalized spacial score (nSPS) is 14.0. The van der Waals surface area contributed by atoms with Crippen molar-refractivity contribution < 1.29 is 0 Å². The van der Waals surface area contributed by atoms with Crippen LogP contribution in [-0.2, 0) is 10.8 Å². The first kappa shape index (κ1) is 34.1. The van der Waals surface area contributed by atoms with Crippen molar-refractivity contribution in [2.24, 2.45) is 0 Å². The maximum Gasteiger partial charge on any atom is 0.160 e. The molecule has 0 saturated carbocycles. The molecule has 0 N–H and O–H groups in total. The Labute approximate surface area is 340 Å². The second kappa shape index (κ2) is 13.2. The van der Waals surface area contributed by atoms with Crippen molar-refractivity contribution in [2.75, 3.05) is 0 Å². The van der Waals surface area contributed by atoms with E-state index in [4.69, 9.17) is 9.97 Å². The van der Waals surface area contributed by atoms with E-state index in [0.29, 0.717) is 5.82 Å². The lowest BCUT2D eigenvalue weighted by atomic mass is 9.55. The molecule has 1 aromatic heterocycles. The molecule has 0 amide bonds. The van der Waals surface area contributed by atoms with Gasteiger partial charge in [-0.2, -0.15) is 0 Å². The van der Waals surface area contributed by atoms with Gasteiger partial charge in [-0.1, -0.05) is 208 Å². The van der Waals surface area contributed by atoms with E-state index < -0.39 is 5.41 Å². The van der Waals surface area contributed by atoms with Crippen LogP contribution in [0.15, 0.2) is 206 Å². The fraction of sp³-hybridized carbons (Fsp3) is 0.0714. The molecule has 0 aliphatic heterocycles. The van der Waals surface area contributed by atoms with Crippen LogP contribution in [0.5, 0.6) is 0 Å². The lowest BCUT2D eigenvalue weighted by molar-refractivity contribution is 0.563. The van der Waals surface area contributed by atoms with Crippen LogP contribution in [0, 0.1) is 0 Å². The fourth-order valence-corrected chi connectivity index (χ4v) is 9.92. The van der Waals surface area contributed by atoms with Gasteiger partial charge in [0.25, 0.3) is 0 Å². The average molecular weight is 741 g/mol. The zero-order valence-electron chi connectivity index (χ0n) is 32.5. The Morgan fingerprint density at radius 3 is 1.38 bits per heavy atom. The third-order valence-corrected chi connectivity index (χ3v) is 12.6. The van der Waals surface area contributed by atoms with E-state index in [1.54, 1.807) is 0 Å². The second-order valence-electron chi connectivity index (χ2n) is 16.1. The van der Waals surface area contributed by atoms with E-state index in [-0.39, 0.29) is 5.41 Å². The molecular formula is C56H40N2. The molecule has 0 bridgehead atoms. The van der Waals surface area contributed by atoms with E-state index in [0.717, 1.165) is 39.2 Å². The number of nitrogens with zero attached hydrogens (tertiary/aromatic N) is 2. The third kappa shape index (κ3) is 5.11. The Hall–Kier alpha value is -7.16. The Morgan fingerprint density at radius 2 is 0.759 bits per heavy atom. The van der Waals surface area contributed by atoms with Crippen molar-refractivity contribution in [2.45, 2.75) is 24.7 Å². The minimum absolute atomic E-state index is 0.123. The zero-order valence-corrected chi connectivity index (χ0v) is 32.5. The molecule has 0 unspecified atom stereocenters. The molecular weight excluding hydrogens is 701 g/mol. The van der Waals surface area contributed by atoms with E-state index in [1.165, 1.54) is 55.6 Å². The van der Waals surface area contributed by atoms with Crippen LogP contribution in [0.25, 0.3) is 67.3 Å². The summed E-state index contributed by atoms with van der Waals surface area (Å²) in [4.78, 5) is 10.2. The summed E-state index contributed by atoms with van der Waals surface area (Å²) in [7, 11) is 0. The van der Waals surface area contributed by atoms with Gasteiger partial charge in [0.2, 0.25) is 0 Å². The van der Waals surface area contributed by atoms with Crippen LogP contribution >= 0.6 is 0 Å². The summed E-state index contributed by atoms with van der Waals surface area (Å²) in [5, 5.41) is 0. The molecule has 11 rings (SSSR count). The Kier molecular flexibility index (Phi) is 7.78. The molecule has 2 nitrogen and oxygen atoms in total. The highest BCUT2D eigenvalue weighted by Gasteiger charge is 2.53. The lowest BCUT2D eigenvalue weighted by Gasteiger charge is -2.46. The van der Waals surface area contributed by atoms with Gasteiger partial charge in [-0.25, -0.2) is 9.97 Å². The minimum atomic E-state index is -0.411. The average Bonchev–Trinajstić information content (AvgIpc) is 3.60. The molecule has 0 radical (unpaired) electrons. The predicted molar refractivity (Wildman–Crippen MR) is 239 cm³/mol. The number of hydrogen-bond donors (Lipinski definition) is 0. The van der Waals surface area contributed by atoms with Crippen molar-refractivity contribution in [3.8, 4) is 67.3 Å². The highest BCUT2D eigenvalue weighted by molar-refractivity contribution is 5.96. The highest BCUT2D eigenvalue weighted by atomic mass is 14.9. The van der Waals surface area contributed by atoms with Crippen LogP contribution in [-0.4, -0.2) is 9.97 Å². The first-order valence-corrected chi connectivity index (χ1v) is 20.2. The molecule has 1 heterocycles. The first-order chi connectivity index (χ1) is 28.5. The van der Waals surface area contributed by atoms with Gasteiger partial charge in [0.1, 0.15) is 0 Å². The molecule has 9 aromatic rings. The molecule has 8 aromatic carbocycles. The molecule has 2 heteroatoms. The number of aromatic nitrogens is 2. The van der Waals surface area contributed by atoms with E-state index in [1.807, 2.05) is 12.1 Å². The van der Waals surface area contributed by atoms with Gasteiger partial charge in [0.05, 0.1) is 16.8 Å². The quantitative estimate of drug-likeness (QED) is 0.176. The molecule has 2 aliphatic rings. The Bertz CT molecular complexity index is 2910.